The van der Waals surface area contributed by atoms with Crippen LogP contribution in [0.2, 0.25) is 0 Å². The summed E-state index contributed by atoms with van der Waals surface area (Å²) in [5.41, 5.74) is 0.783. The van der Waals surface area contributed by atoms with Crippen LogP contribution in [0.1, 0.15) is 19.5 Å². The molecule has 0 aromatic carbocycles. The number of esters is 1. The molecule has 1 atom stereocenters. The number of anilines is 1. The van der Waals surface area contributed by atoms with Gasteiger partial charge in [0.1, 0.15) is 0 Å². The molecule has 1 saturated heterocycles. The molecular weight excluding hydrogens is 274 g/mol. The number of nitrogens with zero attached hydrogens (tertiary/aromatic N) is 3. The van der Waals surface area contributed by atoms with E-state index < -0.39 is 6.04 Å². The molecule has 7 heteroatoms. The first-order chi connectivity index (χ1) is 10.0. The highest BCUT2D eigenvalue weighted by Gasteiger charge is 2.32. The number of carbonyl (C=O) groups excluding carboxylic acids is 1. The Balaban J connectivity index is 2.29. The zero-order chi connectivity index (χ0) is 15.4. The first-order valence-electron chi connectivity index (χ1n) is 6.96. The quantitative estimate of drug-likeness (QED) is 0.766. The van der Waals surface area contributed by atoms with E-state index in [-0.39, 0.29) is 18.7 Å². The van der Waals surface area contributed by atoms with Crippen LogP contribution in [-0.4, -0.2) is 55.0 Å². The summed E-state index contributed by atoms with van der Waals surface area (Å²) in [6.45, 7) is 7.05. The maximum Gasteiger partial charge on any atom is 0.331 e. The smallest absolute Gasteiger partial charge is 0.331 e. The van der Waals surface area contributed by atoms with Crippen LogP contribution < -0.4 is 9.64 Å². The lowest BCUT2D eigenvalue weighted by Crippen LogP contribution is -2.51. The molecule has 1 aromatic heterocycles. The highest BCUT2D eigenvalue weighted by molar-refractivity contribution is 5.79. The van der Waals surface area contributed by atoms with Gasteiger partial charge in [0.15, 0.2) is 6.04 Å². The van der Waals surface area contributed by atoms with Crippen LogP contribution in [0.4, 0.5) is 5.95 Å². The van der Waals surface area contributed by atoms with Gasteiger partial charge in [0.25, 0.3) is 0 Å². The number of hydrogen-bond donors (Lipinski definition) is 0. The fourth-order valence-corrected chi connectivity index (χ4v) is 2.13. The minimum atomic E-state index is -0.530. The standard InChI is InChI=1S/C14H21N3O4/c1-9(2)21-12-7-10(3)15-14(16-12)17-5-6-20-8-11(17)13(18)19-4/h7,9,11H,5-6,8H2,1-4H3. The van der Waals surface area contributed by atoms with Crippen molar-refractivity contribution in [2.75, 3.05) is 31.8 Å². The Kier molecular flexibility index (Phi) is 4.95. The molecule has 1 aliphatic heterocycles. The number of morpholine rings is 1. The van der Waals surface area contributed by atoms with Gasteiger partial charge in [-0.05, 0) is 20.8 Å². The van der Waals surface area contributed by atoms with Crippen molar-refractivity contribution in [2.24, 2.45) is 0 Å². The van der Waals surface area contributed by atoms with Gasteiger partial charge in [-0.2, -0.15) is 4.98 Å². The van der Waals surface area contributed by atoms with Gasteiger partial charge in [0.05, 0.1) is 26.4 Å². The maximum atomic E-state index is 11.9. The van der Waals surface area contributed by atoms with Gasteiger partial charge in [0, 0.05) is 18.3 Å². The predicted octanol–water partition coefficient (Wildman–Crippen LogP) is 0.950. The average molecular weight is 295 g/mol. The summed E-state index contributed by atoms with van der Waals surface area (Å²) >= 11 is 0. The molecule has 0 aliphatic carbocycles. The summed E-state index contributed by atoms with van der Waals surface area (Å²) in [5, 5.41) is 0. The van der Waals surface area contributed by atoms with Crippen LogP contribution in [-0.2, 0) is 14.3 Å². The van der Waals surface area contributed by atoms with Crippen LogP contribution in [0.5, 0.6) is 5.88 Å². The third kappa shape index (κ3) is 3.81. The molecule has 21 heavy (non-hydrogen) atoms. The van der Waals surface area contributed by atoms with Crippen molar-refractivity contribution < 1.29 is 19.0 Å². The molecule has 0 amide bonds. The topological polar surface area (TPSA) is 73.8 Å². The van der Waals surface area contributed by atoms with Crippen molar-refractivity contribution >= 4 is 11.9 Å². The van der Waals surface area contributed by atoms with Gasteiger partial charge < -0.3 is 19.1 Å². The van der Waals surface area contributed by atoms with E-state index in [9.17, 15) is 4.79 Å². The van der Waals surface area contributed by atoms with Crippen LogP contribution in [0, 0.1) is 6.92 Å². The van der Waals surface area contributed by atoms with Gasteiger partial charge >= 0.3 is 5.97 Å². The zero-order valence-electron chi connectivity index (χ0n) is 12.8. The second kappa shape index (κ2) is 6.71. The van der Waals surface area contributed by atoms with E-state index in [1.165, 1.54) is 7.11 Å². The van der Waals surface area contributed by atoms with Gasteiger partial charge in [-0.1, -0.05) is 0 Å². The number of rotatable bonds is 4. The molecule has 116 valence electrons. The molecule has 0 bridgehead atoms. The summed E-state index contributed by atoms with van der Waals surface area (Å²) in [6.07, 6.45) is 0.0215. The van der Waals surface area contributed by atoms with Crippen molar-refractivity contribution in [3.63, 3.8) is 0 Å². The average Bonchev–Trinajstić information content (AvgIpc) is 2.45. The first kappa shape index (κ1) is 15.5. The summed E-state index contributed by atoms with van der Waals surface area (Å²) in [5.74, 6) is 0.609. The van der Waals surface area contributed by atoms with Gasteiger partial charge in [-0.25, -0.2) is 9.78 Å². The summed E-state index contributed by atoms with van der Waals surface area (Å²) in [6, 6.07) is 1.24. The molecule has 0 saturated carbocycles. The SMILES string of the molecule is COC(=O)C1COCCN1c1nc(C)cc(OC(C)C)n1. The fourth-order valence-electron chi connectivity index (χ4n) is 2.13. The molecular formula is C14H21N3O4. The number of carbonyl (C=O) groups is 1. The van der Waals surface area contributed by atoms with E-state index in [1.54, 1.807) is 11.0 Å². The van der Waals surface area contributed by atoms with Crippen molar-refractivity contribution in [1.82, 2.24) is 9.97 Å². The number of aryl methyl sites for hydroxylation is 1. The molecule has 0 N–H and O–H groups in total. The van der Waals surface area contributed by atoms with Crippen LogP contribution >= 0.6 is 0 Å². The lowest BCUT2D eigenvalue weighted by atomic mass is 10.2. The molecule has 0 spiro atoms. The highest BCUT2D eigenvalue weighted by atomic mass is 16.5. The molecule has 0 radical (unpaired) electrons. The fraction of sp³-hybridized carbons (Fsp3) is 0.643. The molecule has 1 fully saturated rings. The van der Waals surface area contributed by atoms with E-state index in [4.69, 9.17) is 14.2 Å². The molecule has 1 aliphatic rings. The Labute approximate surface area is 124 Å². The molecule has 2 rings (SSSR count). The zero-order valence-corrected chi connectivity index (χ0v) is 12.8. The highest BCUT2D eigenvalue weighted by Crippen LogP contribution is 2.20. The lowest BCUT2D eigenvalue weighted by Gasteiger charge is -2.33. The largest absolute Gasteiger partial charge is 0.475 e. The second-order valence-corrected chi connectivity index (χ2v) is 5.12. The lowest BCUT2D eigenvalue weighted by molar-refractivity contribution is -0.144. The van der Waals surface area contributed by atoms with Crippen LogP contribution in [0.25, 0.3) is 0 Å². The maximum absolute atomic E-state index is 11.9. The van der Waals surface area contributed by atoms with Crippen molar-refractivity contribution in [3.8, 4) is 5.88 Å². The molecule has 1 unspecified atom stereocenters. The third-order valence-corrected chi connectivity index (χ3v) is 3.03. The Morgan fingerprint density at radius 2 is 2.24 bits per heavy atom. The van der Waals surface area contributed by atoms with E-state index in [0.29, 0.717) is 25.0 Å². The number of methoxy groups -OCH3 is 1. The monoisotopic (exact) mass is 295 g/mol. The van der Waals surface area contributed by atoms with Crippen molar-refractivity contribution in [2.45, 2.75) is 32.9 Å². The normalized spacial score (nSPS) is 18.7. The summed E-state index contributed by atoms with van der Waals surface area (Å²) < 4.78 is 15.8. The molecule has 2 heterocycles. The van der Waals surface area contributed by atoms with Crippen molar-refractivity contribution in [1.29, 1.82) is 0 Å². The number of hydrogen-bond acceptors (Lipinski definition) is 7. The summed E-state index contributed by atoms with van der Waals surface area (Å²) in [7, 11) is 1.36. The third-order valence-electron chi connectivity index (χ3n) is 3.03. The Bertz CT molecular complexity index is 507. The van der Waals surface area contributed by atoms with Crippen molar-refractivity contribution in [3.05, 3.63) is 11.8 Å². The minimum absolute atomic E-state index is 0.0215. The molecule has 1 aromatic rings. The van der Waals surface area contributed by atoms with E-state index in [2.05, 4.69) is 9.97 Å². The van der Waals surface area contributed by atoms with Gasteiger partial charge in [0.2, 0.25) is 11.8 Å². The van der Waals surface area contributed by atoms with Gasteiger partial charge in [-0.3, -0.25) is 0 Å². The van der Waals surface area contributed by atoms with E-state index in [0.717, 1.165) is 5.69 Å². The summed E-state index contributed by atoms with van der Waals surface area (Å²) in [4.78, 5) is 22.5. The first-order valence-corrected chi connectivity index (χ1v) is 6.96. The Hall–Kier alpha value is -1.89. The van der Waals surface area contributed by atoms with E-state index in [1.807, 2.05) is 20.8 Å². The second-order valence-electron chi connectivity index (χ2n) is 5.12. The predicted molar refractivity (Wildman–Crippen MR) is 76.5 cm³/mol. The Morgan fingerprint density at radius 3 is 2.90 bits per heavy atom. The number of aromatic nitrogens is 2. The van der Waals surface area contributed by atoms with Crippen LogP contribution in [0.3, 0.4) is 0 Å². The van der Waals surface area contributed by atoms with E-state index >= 15 is 0 Å². The molecule has 7 nitrogen and oxygen atoms in total. The Morgan fingerprint density at radius 1 is 1.48 bits per heavy atom. The van der Waals surface area contributed by atoms with Gasteiger partial charge in [-0.15, -0.1) is 0 Å². The van der Waals surface area contributed by atoms with Crippen LogP contribution in [0.15, 0.2) is 6.07 Å². The minimum Gasteiger partial charge on any atom is -0.475 e. The number of ether oxygens (including phenoxy) is 3.